The van der Waals surface area contributed by atoms with Gasteiger partial charge in [0.15, 0.2) is 0 Å². The zero-order valence-electron chi connectivity index (χ0n) is 11.9. The number of hydrogen-bond donors (Lipinski definition) is 0. The molecule has 0 atom stereocenters. The van der Waals surface area contributed by atoms with Crippen molar-refractivity contribution in [2.75, 3.05) is 0 Å². The van der Waals surface area contributed by atoms with E-state index in [0.29, 0.717) is 27.4 Å². The van der Waals surface area contributed by atoms with Crippen LogP contribution in [0.2, 0.25) is 10.0 Å². The summed E-state index contributed by atoms with van der Waals surface area (Å²) in [5.74, 6) is 0.968. The number of ether oxygens (including phenoxy) is 1. The van der Waals surface area contributed by atoms with Crippen LogP contribution in [0, 0.1) is 0 Å². The first-order valence-corrected chi connectivity index (χ1v) is 7.49. The van der Waals surface area contributed by atoms with Gasteiger partial charge in [-0.2, -0.15) is 0 Å². The molecule has 0 spiro atoms. The van der Waals surface area contributed by atoms with Gasteiger partial charge < -0.3 is 4.74 Å². The summed E-state index contributed by atoms with van der Waals surface area (Å²) in [6.07, 6.45) is 6.45. The molecule has 0 saturated carbocycles. The number of aliphatic imine (C=N–C) groups is 1. The molecule has 0 aliphatic rings. The largest absolute Gasteiger partial charge is 0.437 e. The van der Waals surface area contributed by atoms with Crippen molar-refractivity contribution >= 4 is 35.1 Å². The van der Waals surface area contributed by atoms with Gasteiger partial charge in [-0.1, -0.05) is 35.3 Å². The molecule has 23 heavy (non-hydrogen) atoms. The van der Waals surface area contributed by atoms with Crippen LogP contribution in [-0.4, -0.2) is 16.2 Å². The van der Waals surface area contributed by atoms with Crippen molar-refractivity contribution in [1.82, 2.24) is 9.97 Å². The topological polar surface area (TPSA) is 47.4 Å². The number of nitrogens with zero attached hydrogens (tertiary/aromatic N) is 3. The maximum absolute atomic E-state index is 5.93. The normalized spacial score (nSPS) is 10.9. The number of rotatable bonds is 4. The molecule has 0 amide bonds. The van der Waals surface area contributed by atoms with Crippen molar-refractivity contribution in [2.24, 2.45) is 4.99 Å². The van der Waals surface area contributed by atoms with Crippen molar-refractivity contribution in [3.63, 3.8) is 0 Å². The second kappa shape index (κ2) is 7.22. The fourth-order valence-corrected chi connectivity index (χ4v) is 2.18. The molecule has 0 aliphatic carbocycles. The number of benzene rings is 1. The summed E-state index contributed by atoms with van der Waals surface area (Å²) in [5.41, 5.74) is 1.63. The van der Waals surface area contributed by atoms with Crippen molar-refractivity contribution in [1.29, 1.82) is 0 Å². The molecule has 3 aromatic rings. The summed E-state index contributed by atoms with van der Waals surface area (Å²) in [4.78, 5) is 12.5. The van der Waals surface area contributed by atoms with Crippen LogP contribution in [0.25, 0.3) is 0 Å². The lowest BCUT2D eigenvalue weighted by molar-refractivity contribution is 0.461. The lowest BCUT2D eigenvalue weighted by Crippen LogP contribution is -1.88. The monoisotopic (exact) mass is 343 g/mol. The molecule has 0 bridgehead atoms. The predicted octanol–water partition coefficient (Wildman–Crippen LogP) is 5.33. The maximum Gasteiger partial charge on any atom is 0.219 e. The van der Waals surface area contributed by atoms with Crippen molar-refractivity contribution in [3.8, 4) is 11.6 Å². The number of hydrogen-bond acceptors (Lipinski definition) is 4. The average molecular weight is 344 g/mol. The van der Waals surface area contributed by atoms with E-state index in [-0.39, 0.29) is 0 Å². The second-order valence-electron chi connectivity index (χ2n) is 4.61. The van der Waals surface area contributed by atoms with Crippen LogP contribution in [0.4, 0.5) is 5.69 Å². The minimum Gasteiger partial charge on any atom is -0.437 e. The summed E-state index contributed by atoms with van der Waals surface area (Å²) in [7, 11) is 0. The van der Waals surface area contributed by atoms with Gasteiger partial charge in [0, 0.05) is 29.6 Å². The average Bonchev–Trinajstić information content (AvgIpc) is 2.54. The highest BCUT2D eigenvalue weighted by Crippen LogP contribution is 2.23. The Morgan fingerprint density at radius 3 is 2.61 bits per heavy atom. The van der Waals surface area contributed by atoms with Crippen LogP contribution in [0.15, 0.2) is 66.0 Å². The lowest BCUT2D eigenvalue weighted by Gasteiger charge is -2.04. The SMILES string of the molecule is Clc1cccc(C=Nc2ccc(Oc3cncc(Cl)c3)nc2)c1. The van der Waals surface area contributed by atoms with E-state index in [1.807, 2.05) is 24.3 Å². The van der Waals surface area contributed by atoms with E-state index >= 15 is 0 Å². The van der Waals surface area contributed by atoms with E-state index in [9.17, 15) is 0 Å². The standard InChI is InChI=1S/C17H11Cl2N3O/c18-13-3-1-2-12(6-13)8-21-15-4-5-17(22-10-15)23-16-7-14(19)9-20-11-16/h1-11H. The Morgan fingerprint density at radius 2 is 1.87 bits per heavy atom. The molecule has 3 rings (SSSR count). The molecule has 2 aromatic heterocycles. The van der Waals surface area contributed by atoms with E-state index in [1.54, 1.807) is 36.8 Å². The molecule has 6 heteroatoms. The highest BCUT2D eigenvalue weighted by atomic mass is 35.5. The molecule has 4 nitrogen and oxygen atoms in total. The Hall–Kier alpha value is -2.43. The highest BCUT2D eigenvalue weighted by Gasteiger charge is 2.00. The van der Waals surface area contributed by atoms with Crippen LogP contribution in [0.3, 0.4) is 0 Å². The first kappa shape index (κ1) is 15.5. The smallest absolute Gasteiger partial charge is 0.219 e. The van der Waals surface area contributed by atoms with Crippen molar-refractivity contribution in [3.05, 3.63) is 76.7 Å². The minimum atomic E-state index is 0.441. The van der Waals surface area contributed by atoms with Gasteiger partial charge in [-0.25, -0.2) is 4.98 Å². The molecule has 0 fully saturated rings. The third-order valence-electron chi connectivity index (χ3n) is 2.83. The quantitative estimate of drug-likeness (QED) is 0.601. The summed E-state index contributed by atoms with van der Waals surface area (Å²) in [6, 6.07) is 12.7. The van der Waals surface area contributed by atoms with Gasteiger partial charge in [-0.05, 0) is 23.8 Å². The Bertz CT molecular complexity index is 835. The molecule has 2 heterocycles. The van der Waals surface area contributed by atoms with E-state index < -0.39 is 0 Å². The van der Waals surface area contributed by atoms with E-state index in [4.69, 9.17) is 27.9 Å². The van der Waals surface area contributed by atoms with E-state index in [0.717, 1.165) is 5.56 Å². The lowest BCUT2D eigenvalue weighted by atomic mass is 10.2. The molecule has 0 N–H and O–H groups in total. The number of aromatic nitrogens is 2. The third kappa shape index (κ3) is 4.52. The van der Waals surface area contributed by atoms with Gasteiger partial charge in [0.25, 0.3) is 0 Å². The number of pyridine rings is 2. The zero-order chi connectivity index (χ0) is 16.1. The fourth-order valence-electron chi connectivity index (χ4n) is 1.81. The summed E-state index contributed by atoms with van der Waals surface area (Å²) in [6.45, 7) is 0. The van der Waals surface area contributed by atoms with Crippen molar-refractivity contribution in [2.45, 2.75) is 0 Å². The Kier molecular flexibility index (Phi) is 4.86. The van der Waals surface area contributed by atoms with E-state index in [1.165, 1.54) is 6.20 Å². The number of halogens is 2. The van der Waals surface area contributed by atoms with Gasteiger partial charge in [0.05, 0.1) is 23.1 Å². The molecule has 0 unspecified atom stereocenters. The summed E-state index contributed by atoms with van der Waals surface area (Å²) < 4.78 is 5.57. The summed E-state index contributed by atoms with van der Waals surface area (Å²) in [5, 5.41) is 1.18. The molecular formula is C17H11Cl2N3O. The first-order chi connectivity index (χ1) is 11.2. The van der Waals surface area contributed by atoms with E-state index in [2.05, 4.69) is 15.0 Å². The van der Waals surface area contributed by atoms with Gasteiger partial charge in [-0.3, -0.25) is 9.98 Å². The molecule has 114 valence electrons. The highest BCUT2D eigenvalue weighted by molar-refractivity contribution is 6.31. The molecule has 0 aliphatic heterocycles. The molecule has 0 radical (unpaired) electrons. The van der Waals surface area contributed by atoms with Crippen LogP contribution in [-0.2, 0) is 0 Å². The van der Waals surface area contributed by atoms with Gasteiger partial charge in [-0.15, -0.1) is 0 Å². The van der Waals surface area contributed by atoms with Crippen LogP contribution >= 0.6 is 23.2 Å². The second-order valence-corrected chi connectivity index (χ2v) is 5.48. The van der Waals surface area contributed by atoms with Crippen LogP contribution in [0.5, 0.6) is 11.6 Å². The fraction of sp³-hybridized carbons (Fsp3) is 0. The zero-order valence-corrected chi connectivity index (χ0v) is 13.4. The van der Waals surface area contributed by atoms with Gasteiger partial charge in [0.2, 0.25) is 5.88 Å². The first-order valence-electron chi connectivity index (χ1n) is 6.73. The van der Waals surface area contributed by atoms with Crippen molar-refractivity contribution < 1.29 is 4.74 Å². The molecule has 0 saturated heterocycles. The minimum absolute atomic E-state index is 0.441. The van der Waals surface area contributed by atoms with Crippen LogP contribution < -0.4 is 4.74 Å². The molecular weight excluding hydrogens is 333 g/mol. The third-order valence-corrected chi connectivity index (χ3v) is 3.28. The predicted molar refractivity (Wildman–Crippen MR) is 92.3 cm³/mol. The summed E-state index contributed by atoms with van der Waals surface area (Å²) >= 11 is 11.8. The Balaban J connectivity index is 1.69. The maximum atomic E-state index is 5.93. The van der Waals surface area contributed by atoms with Gasteiger partial charge in [0.1, 0.15) is 5.75 Å². The molecule has 1 aromatic carbocycles. The Morgan fingerprint density at radius 1 is 0.957 bits per heavy atom. The Labute approximate surface area is 143 Å². The van der Waals surface area contributed by atoms with Gasteiger partial charge >= 0.3 is 0 Å². The van der Waals surface area contributed by atoms with Crippen LogP contribution in [0.1, 0.15) is 5.56 Å².